The van der Waals surface area contributed by atoms with Crippen LogP contribution in [0.25, 0.3) is 0 Å². The molecule has 1 atom stereocenters. The molecule has 2 rings (SSSR count). The van der Waals surface area contributed by atoms with Crippen LogP contribution in [0.5, 0.6) is 0 Å². The highest BCUT2D eigenvalue weighted by Crippen LogP contribution is 2.30. The molecule has 0 radical (unpaired) electrons. The van der Waals surface area contributed by atoms with E-state index in [1.54, 1.807) is 0 Å². The van der Waals surface area contributed by atoms with Crippen LogP contribution in [0, 0.1) is 16.0 Å². The molecule has 1 saturated heterocycles. The van der Waals surface area contributed by atoms with E-state index in [1.807, 2.05) is 13.8 Å². The van der Waals surface area contributed by atoms with Gasteiger partial charge in [-0.2, -0.15) is 4.31 Å². The van der Waals surface area contributed by atoms with Crippen LogP contribution in [0.1, 0.15) is 46.0 Å². The minimum Gasteiger partial charge on any atom is -0.548 e. The molecule has 0 saturated carbocycles. The number of anilines is 1. The molecular weight excluding hydrogens is 386 g/mol. The van der Waals surface area contributed by atoms with Crippen molar-refractivity contribution in [2.75, 3.05) is 18.4 Å². The van der Waals surface area contributed by atoms with Crippen LogP contribution in [0.3, 0.4) is 0 Å². The van der Waals surface area contributed by atoms with E-state index in [-0.39, 0.29) is 22.9 Å². The number of nitrogens with zero attached hydrogens (tertiary/aromatic N) is 2. The third kappa shape index (κ3) is 5.41. The summed E-state index contributed by atoms with van der Waals surface area (Å²) in [5.41, 5.74) is -0.527. The Labute approximate surface area is 164 Å². The Morgan fingerprint density at radius 3 is 2.32 bits per heavy atom. The Balaban J connectivity index is 2.36. The minimum atomic E-state index is -3.85. The van der Waals surface area contributed by atoms with Gasteiger partial charge in [-0.05, 0) is 37.3 Å². The number of nitrogens with one attached hydrogen (secondary N) is 1. The number of carbonyl (C=O) groups excluding carboxylic acids is 1. The first-order valence-corrected chi connectivity index (χ1v) is 10.8. The van der Waals surface area contributed by atoms with E-state index >= 15 is 0 Å². The average Bonchev–Trinajstić information content (AvgIpc) is 2.90. The molecule has 0 unspecified atom stereocenters. The standard InChI is InChI=1S/C18H27N3O6S/c1-13(2)11-16(18(22)23)19-15-8-7-14(12-17(15)21(24)25)28(26,27)20-9-5-3-4-6-10-20/h7-8,12-13,16,19H,3-6,9-11H2,1-2H3,(H,22,23)/p-1/t16-/m1/s1. The number of aliphatic carboxylic acids is 1. The number of nitro benzene ring substituents is 1. The molecule has 1 aliphatic heterocycles. The lowest BCUT2D eigenvalue weighted by atomic mass is 10.0. The van der Waals surface area contributed by atoms with Gasteiger partial charge in [0.15, 0.2) is 0 Å². The zero-order valence-corrected chi connectivity index (χ0v) is 16.9. The second-order valence-electron chi connectivity index (χ2n) is 7.40. The molecule has 1 aromatic rings. The number of rotatable bonds is 8. The molecule has 1 N–H and O–H groups in total. The van der Waals surface area contributed by atoms with Gasteiger partial charge in [-0.25, -0.2) is 8.42 Å². The topological polar surface area (TPSA) is 133 Å². The maximum absolute atomic E-state index is 12.9. The van der Waals surface area contributed by atoms with Gasteiger partial charge < -0.3 is 15.2 Å². The van der Waals surface area contributed by atoms with Gasteiger partial charge in [0.25, 0.3) is 5.69 Å². The molecule has 0 bridgehead atoms. The molecule has 1 aliphatic rings. The second kappa shape index (κ2) is 9.33. The zero-order chi connectivity index (χ0) is 20.9. The van der Waals surface area contributed by atoms with E-state index in [1.165, 1.54) is 16.4 Å². The van der Waals surface area contributed by atoms with Crippen molar-refractivity contribution >= 4 is 27.4 Å². The third-order valence-electron chi connectivity index (χ3n) is 4.69. The van der Waals surface area contributed by atoms with Crippen molar-refractivity contribution in [1.82, 2.24) is 4.31 Å². The summed E-state index contributed by atoms with van der Waals surface area (Å²) in [4.78, 5) is 22.0. The number of carboxylic acid groups (broad SMARTS) is 1. The lowest BCUT2D eigenvalue weighted by molar-refractivity contribution is -0.384. The van der Waals surface area contributed by atoms with Crippen molar-refractivity contribution in [3.8, 4) is 0 Å². The number of sulfonamides is 1. The summed E-state index contributed by atoms with van der Waals surface area (Å²) in [5, 5.41) is 25.5. The van der Waals surface area contributed by atoms with Crippen LogP contribution in [0.4, 0.5) is 11.4 Å². The Bertz CT molecular complexity index is 817. The van der Waals surface area contributed by atoms with E-state index in [9.17, 15) is 28.4 Å². The fourth-order valence-electron chi connectivity index (χ4n) is 3.25. The van der Waals surface area contributed by atoms with E-state index in [4.69, 9.17) is 0 Å². The van der Waals surface area contributed by atoms with Gasteiger partial charge in [-0.1, -0.05) is 26.7 Å². The molecule has 0 aromatic heterocycles. The van der Waals surface area contributed by atoms with Crippen LogP contribution < -0.4 is 10.4 Å². The van der Waals surface area contributed by atoms with Crippen LogP contribution in [-0.2, 0) is 14.8 Å². The van der Waals surface area contributed by atoms with Crippen LogP contribution in [-0.4, -0.2) is 42.7 Å². The minimum absolute atomic E-state index is 0.0251. The zero-order valence-electron chi connectivity index (χ0n) is 16.1. The summed E-state index contributed by atoms with van der Waals surface area (Å²) < 4.78 is 27.1. The summed E-state index contributed by atoms with van der Waals surface area (Å²) in [6, 6.07) is 2.40. The Kier molecular flexibility index (Phi) is 7.36. The number of carboxylic acids is 1. The van der Waals surface area contributed by atoms with Gasteiger partial charge in [0.05, 0.1) is 21.8 Å². The van der Waals surface area contributed by atoms with Gasteiger partial charge >= 0.3 is 0 Å². The summed E-state index contributed by atoms with van der Waals surface area (Å²) >= 11 is 0. The number of hydrogen-bond donors (Lipinski definition) is 1. The van der Waals surface area contributed by atoms with Crippen molar-refractivity contribution in [1.29, 1.82) is 0 Å². The van der Waals surface area contributed by atoms with Gasteiger partial charge in [-0.15, -0.1) is 0 Å². The average molecular weight is 412 g/mol. The molecule has 10 heteroatoms. The predicted octanol–water partition coefficient (Wildman–Crippen LogP) is 1.74. The first-order chi connectivity index (χ1) is 13.1. The smallest absolute Gasteiger partial charge is 0.293 e. The molecule has 0 spiro atoms. The maximum Gasteiger partial charge on any atom is 0.293 e. The molecule has 0 aliphatic carbocycles. The molecule has 1 fully saturated rings. The van der Waals surface area contributed by atoms with E-state index in [0.717, 1.165) is 31.7 Å². The number of carbonyl (C=O) groups is 1. The largest absolute Gasteiger partial charge is 0.548 e. The Morgan fingerprint density at radius 1 is 1.21 bits per heavy atom. The number of nitro groups is 1. The molecule has 1 aromatic carbocycles. The summed E-state index contributed by atoms with van der Waals surface area (Å²) in [6.07, 6.45) is 3.63. The van der Waals surface area contributed by atoms with Gasteiger partial charge in [0.2, 0.25) is 10.0 Å². The van der Waals surface area contributed by atoms with Crippen molar-refractivity contribution in [2.24, 2.45) is 5.92 Å². The normalized spacial score (nSPS) is 17.1. The van der Waals surface area contributed by atoms with E-state index in [0.29, 0.717) is 13.1 Å². The fourth-order valence-corrected chi connectivity index (χ4v) is 4.79. The molecular formula is C18H26N3O6S-. The SMILES string of the molecule is CC(C)C[C@@H](Nc1ccc(S(=O)(=O)N2CCCCCC2)cc1[N+](=O)[O-])C(=O)[O-]. The first-order valence-electron chi connectivity index (χ1n) is 9.39. The van der Waals surface area contributed by atoms with Crippen LogP contribution >= 0.6 is 0 Å². The first kappa shape index (κ1) is 22.1. The van der Waals surface area contributed by atoms with Crippen molar-refractivity contribution in [3.63, 3.8) is 0 Å². The van der Waals surface area contributed by atoms with Gasteiger partial charge in [-0.3, -0.25) is 10.1 Å². The quantitative estimate of drug-likeness (QED) is 0.508. The van der Waals surface area contributed by atoms with Crippen LogP contribution in [0.2, 0.25) is 0 Å². The third-order valence-corrected chi connectivity index (χ3v) is 6.58. The van der Waals surface area contributed by atoms with E-state index < -0.39 is 32.6 Å². The van der Waals surface area contributed by atoms with Gasteiger partial charge in [0, 0.05) is 19.2 Å². The maximum atomic E-state index is 12.9. The highest BCUT2D eigenvalue weighted by Gasteiger charge is 2.28. The molecule has 156 valence electrons. The highest BCUT2D eigenvalue weighted by molar-refractivity contribution is 7.89. The molecule has 0 amide bonds. The summed E-state index contributed by atoms with van der Waals surface area (Å²) in [6.45, 7) is 4.42. The predicted molar refractivity (Wildman–Crippen MR) is 102 cm³/mol. The van der Waals surface area contributed by atoms with Crippen LogP contribution in [0.15, 0.2) is 23.1 Å². The fraction of sp³-hybridized carbons (Fsp3) is 0.611. The van der Waals surface area contributed by atoms with Gasteiger partial charge in [0.1, 0.15) is 5.69 Å². The second-order valence-corrected chi connectivity index (χ2v) is 9.34. The Morgan fingerprint density at radius 2 is 1.82 bits per heavy atom. The van der Waals surface area contributed by atoms with Crippen molar-refractivity contribution < 1.29 is 23.2 Å². The monoisotopic (exact) mass is 412 g/mol. The Hall–Kier alpha value is -2.20. The molecule has 28 heavy (non-hydrogen) atoms. The lowest BCUT2D eigenvalue weighted by Crippen LogP contribution is -2.41. The lowest BCUT2D eigenvalue weighted by Gasteiger charge is -2.23. The summed E-state index contributed by atoms with van der Waals surface area (Å²) in [5.74, 6) is -1.35. The molecule has 1 heterocycles. The number of hydrogen-bond acceptors (Lipinski definition) is 7. The van der Waals surface area contributed by atoms with E-state index in [2.05, 4.69) is 5.32 Å². The number of benzene rings is 1. The van der Waals surface area contributed by atoms with Crippen molar-refractivity contribution in [3.05, 3.63) is 28.3 Å². The highest BCUT2D eigenvalue weighted by atomic mass is 32.2. The molecule has 9 nitrogen and oxygen atoms in total. The van der Waals surface area contributed by atoms with Crippen molar-refractivity contribution in [2.45, 2.75) is 56.9 Å². The summed E-state index contributed by atoms with van der Waals surface area (Å²) in [7, 11) is -3.85.